The summed E-state index contributed by atoms with van der Waals surface area (Å²) in [6.45, 7) is 3.14. The van der Waals surface area contributed by atoms with Gasteiger partial charge in [0.05, 0.1) is 12.2 Å². The van der Waals surface area contributed by atoms with Gasteiger partial charge in [-0.1, -0.05) is 12.1 Å². The lowest BCUT2D eigenvalue weighted by molar-refractivity contribution is 0.0638. The van der Waals surface area contributed by atoms with Gasteiger partial charge < -0.3 is 14.6 Å². The number of hydrogen-bond donors (Lipinski definition) is 1. The van der Waals surface area contributed by atoms with Gasteiger partial charge in [-0.3, -0.25) is 9.80 Å². The first-order valence-corrected chi connectivity index (χ1v) is 9.44. The zero-order valence-corrected chi connectivity index (χ0v) is 15.5. The molecule has 28 heavy (non-hydrogen) atoms. The van der Waals surface area contributed by atoms with E-state index in [1.807, 2.05) is 12.1 Å². The van der Waals surface area contributed by atoms with Crippen molar-refractivity contribution in [2.75, 3.05) is 37.7 Å². The van der Waals surface area contributed by atoms with E-state index in [2.05, 4.69) is 11.0 Å². The van der Waals surface area contributed by atoms with Crippen LogP contribution in [0.25, 0.3) is 0 Å². The zero-order chi connectivity index (χ0) is 19.5. The fraction of sp³-hybridized carbons (Fsp3) is 0.381. The Morgan fingerprint density at radius 3 is 2.75 bits per heavy atom. The number of benzene rings is 2. The van der Waals surface area contributed by atoms with Gasteiger partial charge in [0.25, 0.3) is 0 Å². The Morgan fingerprint density at radius 2 is 2.00 bits per heavy atom. The average Bonchev–Trinajstić information content (AvgIpc) is 3.12. The van der Waals surface area contributed by atoms with Crippen LogP contribution in [0.3, 0.4) is 0 Å². The van der Waals surface area contributed by atoms with Gasteiger partial charge in [0.15, 0.2) is 0 Å². The number of aliphatic hydroxyl groups excluding tert-OH is 1. The fourth-order valence-corrected chi connectivity index (χ4v) is 3.74. The standard InChI is InChI=1S/C21H23FN2O4/c22-16-4-6-18(7-5-16)28-14-17(25)13-23-9-8-19-15(12-23)2-1-3-20(19)24-10-11-27-21(24)26/h1-7,17,25H,8-14H2. The zero-order valence-electron chi connectivity index (χ0n) is 15.5. The molecule has 0 radical (unpaired) electrons. The summed E-state index contributed by atoms with van der Waals surface area (Å²) in [4.78, 5) is 15.8. The predicted octanol–water partition coefficient (Wildman–Crippen LogP) is 2.58. The Balaban J connectivity index is 1.35. The van der Waals surface area contributed by atoms with Crippen molar-refractivity contribution in [2.45, 2.75) is 19.1 Å². The fourth-order valence-electron chi connectivity index (χ4n) is 3.74. The molecule has 0 bridgehead atoms. The Bertz CT molecular complexity index is 843. The van der Waals surface area contributed by atoms with E-state index in [9.17, 15) is 14.3 Å². The third-order valence-electron chi connectivity index (χ3n) is 5.10. The summed E-state index contributed by atoms with van der Waals surface area (Å²) in [6.07, 6.45) is -0.131. The number of hydrogen-bond acceptors (Lipinski definition) is 5. The van der Waals surface area contributed by atoms with E-state index >= 15 is 0 Å². The van der Waals surface area contributed by atoms with Gasteiger partial charge in [-0.25, -0.2) is 9.18 Å². The van der Waals surface area contributed by atoms with Crippen molar-refractivity contribution in [3.05, 3.63) is 59.4 Å². The third-order valence-corrected chi connectivity index (χ3v) is 5.10. The molecule has 2 aromatic carbocycles. The molecule has 1 saturated heterocycles. The first kappa shape index (κ1) is 18.7. The van der Waals surface area contributed by atoms with Crippen molar-refractivity contribution in [1.29, 1.82) is 0 Å². The number of nitrogens with zero attached hydrogens (tertiary/aromatic N) is 2. The molecule has 0 saturated carbocycles. The number of cyclic esters (lactones) is 1. The van der Waals surface area contributed by atoms with Crippen LogP contribution in [0.15, 0.2) is 42.5 Å². The van der Waals surface area contributed by atoms with Crippen molar-refractivity contribution in [1.82, 2.24) is 4.90 Å². The van der Waals surface area contributed by atoms with Gasteiger partial charge in [0.2, 0.25) is 0 Å². The van der Waals surface area contributed by atoms with Crippen molar-refractivity contribution in [3.63, 3.8) is 0 Å². The summed E-state index contributed by atoms with van der Waals surface area (Å²) < 4.78 is 23.5. The minimum absolute atomic E-state index is 0.147. The number of carbonyl (C=O) groups is 1. The topological polar surface area (TPSA) is 62.2 Å². The number of ether oxygens (including phenoxy) is 2. The molecule has 4 rings (SSSR count). The van der Waals surface area contributed by atoms with Crippen LogP contribution < -0.4 is 9.64 Å². The Hall–Kier alpha value is -2.64. The molecule has 0 spiro atoms. The van der Waals surface area contributed by atoms with Crippen LogP contribution in [0.4, 0.5) is 14.9 Å². The highest BCUT2D eigenvalue weighted by Gasteiger charge is 2.28. The summed E-state index contributed by atoms with van der Waals surface area (Å²) in [5.41, 5.74) is 3.27. The molecule has 2 aromatic rings. The van der Waals surface area contributed by atoms with Gasteiger partial charge in [-0.05, 0) is 47.9 Å². The molecule has 6 nitrogen and oxygen atoms in total. The monoisotopic (exact) mass is 386 g/mol. The van der Waals surface area contributed by atoms with Crippen LogP contribution in [-0.4, -0.2) is 55.1 Å². The highest BCUT2D eigenvalue weighted by molar-refractivity contribution is 5.90. The lowest BCUT2D eigenvalue weighted by Gasteiger charge is -2.32. The molecule has 0 aliphatic carbocycles. The summed E-state index contributed by atoms with van der Waals surface area (Å²) >= 11 is 0. The molecule has 1 atom stereocenters. The summed E-state index contributed by atoms with van der Waals surface area (Å²) in [5, 5.41) is 10.3. The molecule has 1 amide bonds. The second-order valence-corrected chi connectivity index (χ2v) is 7.08. The molecule has 2 aliphatic rings. The molecular formula is C21H23FN2O4. The van der Waals surface area contributed by atoms with Gasteiger partial charge in [0.1, 0.15) is 30.9 Å². The first-order valence-electron chi connectivity index (χ1n) is 9.44. The van der Waals surface area contributed by atoms with Crippen LogP contribution in [0.1, 0.15) is 11.1 Å². The molecule has 148 valence electrons. The Morgan fingerprint density at radius 1 is 1.18 bits per heavy atom. The Kier molecular flexibility index (Phi) is 5.45. The van der Waals surface area contributed by atoms with Crippen LogP contribution in [-0.2, 0) is 17.7 Å². The van der Waals surface area contributed by atoms with E-state index in [-0.39, 0.29) is 18.5 Å². The SMILES string of the molecule is O=C1OCCN1c1cccc2c1CCN(CC(O)COc1ccc(F)cc1)C2. The minimum Gasteiger partial charge on any atom is -0.491 e. The van der Waals surface area contributed by atoms with E-state index in [1.165, 1.54) is 17.7 Å². The maximum absolute atomic E-state index is 12.9. The maximum atomic E-state index is 12.9. The average molecular weight is 386 g/mol. The lowest BCUT2D eigenvalue weighted by Crippen LogP contribution is -2.39. The lowest BCUT2D eigenvalue weighted by atomic mass is 9.97. The first-order chi connectivity index (χ1) is 13.6. The van der Waals surface area contributed by atoms with E-state index in [0.29, 0.717) is 32.0 Å². The van der Waals surface area contributed by atoms with Crippen LogP contribution in [0.2, 0.25) is 0 Å². The number of β-amino-alcohol motifs (C(OH)–C–C–N with tert-alkyl or cyclic N) is 1. The predicted molar refractivity (Wildman–Crippen MR) is 102 cm³/mol. The minimum atomic E-state index is -0.650. The normalized spacial score (nSPS) is 17.9. The summed E-state index contributed by atoms with van der Waals surface area (Å²) in [6, 6.07) is 11.7. The molecule has 2 heterocycles. The van der Waals surface area contributed by atoms with E-state index in [4.69, 9.17) is 9.47 Å². The molecular weight excluding hydrogens is 363 g/mol. The van der Waals surface area contributed by atoms with Crippen molar-refractivity contribution in [3.8, 4) is 5.75 Å². The second-order valence-electron chi connectivity index (χ2n) is 7.08. The van der Waals surface area contributed by atoms with Crippen molar-refractivity contribution < 1.29 is 23.8 Å². The van der Waals surface area contributed by atoms with Gasteiger partial charge in [-0.15, -0.1) is 0 Å². The number of anilines is 1. The van der Waals surface area contributed by atoms with E-state index in [1.54, 1.807) is 17.0 Å². The van der Waals surface area contributed by atoms with Crippen LogP contribution >= 0.6 is 0 Å². The van der Waals surface area contributed by atoms with Crippen molar-refractivity contribution >= 4 is 11.8 Å². The summed E-state index contributed by atoms with van der Waals surface area (Å²) in [5.74, 6) is 0.216. The van der Waals surface area contributed by atoms with Crippen LogP contribution in [0.5, 0.6) is 5.75 Å². The number of rotatable bonds is 6. The molecule has 7 heteroatoms. The second kappa shape index (κ2) is 8.16. The quantitative estimate of drug-likeness (QED) is 0.827. The number of halogens is 1. The molecule has 1 unspecified atom stereocenters. The number of fused-ring (bicyclic) bond motifs is 1. The largest absolute Gasteiger partial charge is 0.491 e. The van der Waals surface area contributed by atoms with Crippen LogP contribution in [0, 0.1) is 5.82 Å². The van der Waals surface area contributed by atoms with E-state index in [0.717, 1.165) is 24.2 Å². The smallest absolute Gasteiger partial charge is 0.414 e. The van der Waals surface area contributed by atoms with Crippen molar-refractivity contribution in [2.24, 2.45) is 0 Å². The molecule has 1 fully saturated rings. The van der Waals surface area contributed by atoms with E-state index < -0.39 is 6.10 Å². The number of amides is 1. The Labute approximate surface area is 163 Å². The molecule has 2 aliphatic heterocycles. The van der Waals surface area contributed by atoms with Gasteiger partial charge in [-0.2, -0.15) is 0 Å². The van der Waals surface area contributed by atoms with Gasteiger partial charge >= 0.3 is 6.09 Å². The molecule has 1 N–H and O–H groups in total. The van der Waals surface area contributed by atoms with Gasteiger partial charge in [0, 0.05) is 19.6 Å². The highest BCUT2D eigenvalue weighted by atomic mass is 19.1. The third kappa shape index (κ3) is 4.10. The maximum Gasteiger partial charge on any atom is 0.414 e. The molecule has 0 aromatic heterocycles. The highest BCUT2D eigenvalue weighted by Crippen LogP contribution is 2.30. The number of carbonyl (C=O) groups excluding carboxylic acids is 1. The summed E-state index contributed by atoms with van der Waals surface area (Å²) in [7, 11) is 0. The number of aliphatic hydroxyl groups is 1.